The highest BCUT2D eigenvalue weighted by Gasteiger charge is 1.98. The fourth-order valence-corrected chi connectivity index (χ4v) is 2.22. The lowest BCUT2D eigenvalue weighted by Crippen LogP contribution is -1.97. The van der Waals surface area contributed by atoms with Crippen molar-refractivity contribution in [3.8, 4) is 16.9 Å². The van der Waals surface area contributed by atoms with E-state index in [0.29, 0.717) is 0 Å². The van der Waals surface area contributed by atoms with Crippen LogP contribution in [0.25, 0.3) is 11.1 Å². The summed E-state index contributed by atoms with van der Waals surface area (Å²) in [5.74, 6) is 0.965. The quantitative estimate of drug-likeness (QED) is 0.573. The molecule has 2 aromatic rings. The Morgan fingerprint density at radius 2 is 1.45 bits per heavy atom. The fraction of sp³-hybridized carbons (Fsp3) is 0.368. The topological polar surface area (TPSA) is 9.23 Å². The minimum Gasteiger partial charge on any atom is -0.494 e. The highest BCUT2D eigenvalue weighted by molar-refractivity contribution is 5.63. The first-order chi connectivity index (χ1) is 9.90. The summed E-state index contributed by atoms with van der Waals surface area (Å²) in [6.07, 6.45) is 6.37. The molecule has 2 rings (SSSR count). The zero-order valence-electron chi connectivity index (χ0n) is 12.3. The van der Waals surface area contributed by atoms with Crippen molar-refractivity contribution in [3.63, 3.8) is 0 Å². The number of unbranched alkanes of at least 4 members (excludes halogenated alkanes) is 4. The molecule has 0 bridgehead atoms. The van der Waals surface area contributed by atoms with Crippen molar-refractivity contribution in [2.75, 3.05) is 6.61 Å². The Balaban J connectivity index is 1.77. The van der Waals surface area contributed by atoms with Crippen LogP contribution in [0.1, 0.15) is 39.0 Å². The Morgan fingerprint density at radius 3 is 2.15 bits per heavy atom. The standard InChI is InChI=1S/C19H23O/c1-2-3-4-5-9-16-20-19-14-12-18(13-15-19)17-10-7-6-8-11-17/h7-8,10-15H,2-5,9,16H2,1H3. The predicted octanol–water partition coefficient (Wildman–Crippen LogP) is 5.50. The lowest BCUT2D eigenvalue weighted by atomic mass is 10.1. The highest BCUT2D eigenvalue weighted by Crippen LogP contribution is 2.22. The molecule has 0 aliphatic rings. The molecule has 0 aromatic heterocycles. The summed E-state index contributed by atoms with van der Waals surface area (Å²) in [6, 6.07) is 19.4. The van der Waals surface area contributed by atoms with Crippen molar-refractivity contribution < 1.29 is 4.74 Å². The van der Waals surface area contributed by atoms with E-state index >= 15 is 0 Å². The molecule has 0 N–H and O–H groups in total. The van der Waals surface area contributed by atoms with Gasteiger partial charge in [0, 0.05) is 0 Å². The van der Waals surface area contributed by atoms with E-state index in [1.54, 1.807) is 0 Å². The molecule has 20 heavy (non-hydrogen) atoms. The largest absolute Gasteiger partial charge is 0.494 e. The van der Waals surface area contributed by atoms with Gasteiger partial charge in [-0.15, -0.1) is 0 Å². The second kappa shape index (κ2) is 8.42. The molecule has 1 heteroatoms. The van der Waals surface area contributed by atoms with E-state index in [1.807, 2.05) is 12.1 Å². The van der Waals surface area contributed by atoms with Crippen LogP contribution < -0.4 is 4.74 Å². The molecule has 1 radical (unpaired) electrons. The molecule has 0 atom stereocenters. The number of ether oxygens (including phenoxy) is 1. The van der Waals surface area contributed by atoms with Crippen LogP contribution in [-0.4, -0.2) is 6.61 Å². The van der Waals surface area contributed by atoms with Gasteiger partial charge >= 0.3 is 0 Å². The maximum atomic E-state index is 5.77. The lowest BCUT2D eigenvalue weighted by Gasteiger charge is -2.07. The van der Waals surface area contributed by atoms with Crippen molar-refractivity contribution in [1.82, 2.24) is 0 Å². The average Bonchev–Trinajstić information content (AvgIpc) is 2.52. The molecule has 0 heterocycles. The van der Waals surface area contributed by atoms with Crippen LogP contribution in [0.4, 0.5) is 0 Å². The summed E-state index contributed by atoms with van der Waals surface area (Å²) >= 11 is 0. The molecule has 2 aromatic carbocycles. The van der Waals surface area contributed by atoms with E-state index in [4.69, 9.17) is 4.74 Å². The van der Waals surface area contributed by atoms with Gasteiger partial charge in [-0.1, -0.05) is 69.0 Å². The van der Waals surface area contributed by atoms with Crippen LogP contribution in [0.15, 0.2) is 48.5 Å². The van der Waals surface area contributed by atoms with Gasteiger partial charge in [0.2, 0.25) is 0 Å². The van der Waals surface area contributed by atoms with Crippen molar-refractivity contribution in [2.45, 2.75) is 39.0 Å². The number of hydrogen-bond acceptors (Lipinski definition) is 1. The predicted molar refractivity (Wildman–Crippen MR) is 85.0 cm³/mol. The second-order valence-corrected chi connectivity index (χ2v) is 5.08. The zero-order chi connectivity index (χ0) is 14.0. The first-order valence-corrected chi connectivity index (χ1v) is 7.59. The molecule has 0 unspecified atom stereocenters. The van der Waals surface area contributed by atoms with Gasteiger partial charge in [0.1, 0.15) is 5.75 Å². The maximum Gasteiger partial charge on any atom is 0.119 e. The SMILES string of the molecule is CCCCCCCOc1ccc(-c2cc[c]cc2)cc1. The van der Waals surface area contributed by atoms with E-state index in [-0.39, 0.29) is 0 Å². The van der Waals surface area contributed by atoms with Gasteiger partial charge in [-0.3, -0.25) is 0 Å². The molecule has 1 nitrogen and oxygen atoms in total. The van der Waals surface area contributed by atoms with Crippen LogP contribution in [0.2, 0.25) is 0 Å². The number of benzene rings is 2. The molecule has 0 amide bonds. The van der Waals surface area contributed by atoms with E-state index in [1.165, 1.54) is 36.8 Å². The molecule has 105 valence electrons. The average molecular weight is 267 g/mol. The first kappa shape index (κ1) is 14.6. The molecular formula is C19H23O. The summed E-state index contributed by atoms with van der Waals surface area (Å²) < 4.78 is 5.77. The molecular weight excluding hydrogens is 244 g/mol. The van der Waals surface area contributed by atoms with Crippen LogP contribution >= 0.6 is 0 Å². The Morgan fingerprint density at radius 1 is 0.800 bits per heavy atom. The summed E-state index contributed by atoms with van der Waals surface area (Å²) in [7, 11) is 0. The summed E-state index contributed by atoms with van der Waals surface area (Å²) in [5.41, 5.74) is 2.43. The minimum atomic E-state index is 0.823. The van der Waals surface area contributed by atoms with Crippen LogP contribution in [0, 0.1) is 6.07 Å². The maximum absolute atomic E-state index is 5.77. The highest BCUT2D eigenvalue weighted by atomic mass is 16.5. The van der Waals surface area contributed by atoms with Crippen molar-refractivity contribution in [3.05, 3.63) is 54.6 Å². The van der Waals surface area contributed by atoms with Gasteiger partial charge in [-0.2, -0.15) is 0 Å². The molecule has 0 spiro atoms. The summed E-state index contributed by atoms with van der Waals surface area (Å²) in [6.45, 7) is 3.06. The van der Waals surface area contributed by atoms with Gasteiger partial charge in [-0.25, -0.2) is 0 Å². The second-order valence-electron chi connectivity index (χ2n) is 5.08. The number of rotatable bonds is 8. The summed E-state index contributed by atoms with van der Waals surface area (Å²) in [4.78, 5) is 0. The van der Waals surface area contributed by atoms with Crippen LogP contribution in [0.3, 0.4) is 0 Å². The van der Waals surface area contributed by atoms with Crippen molar-refractivity contribution in [2.24, 2.45) is 0 Å². The monoisotopic (exact) mass is 267 g/mol. The van der Waals surface area contributed by atoms with E-state index in [0.717, 1.165) is 18.8 Å². The third-order valence-corrected chi connectivity index (χ3v) is 3.42. The van der Waals surface area contributed by atoms with Gasteiger partial charge < -0.3 is 4.74 Å². The van der Waals surface area contributed by atoms with Gasteiger partial charge in [-0.05, 0) is 35.7 Å². The minimum absolute atomic E-state index is 0.823. The van der Waals surface area contributed by atoms with E-state index < -0.39 is 0 Å². The Hall–Kier alpha value is -1.76. The van der Waals surface area contributed by atoms with E-state index in [9.17, 15) is 0 Å². The molecule has 0 aliphatic carbocycles. The third kappa shape index (κ3) is 4.73. The van der Waals surface area contributed by atoms with E-state index in [2.05, 4.69) is 49.4 Å². The van der Waals surface area contributed by atoms with Crippen LogP contribution in [-0.2, 0) is 0 Å². The molecule has 0 fully saturated rings. The third-order valence-electron chi connectivity index (χ3n) is 3.42. The zero-order valence-corrected chi connectivity index (χ0v) is 12.3. The summed E-state index contributed by atoms with van der Waals surface area (Å²) in [5, 5.41) is 0. The Bertz CT molecular complexity index is 473. The lowest BCUT2D eigenvalue weighted by molar-refractivity contribution is 0.304. The Kier molecular flexibility index (Phi) is 6.16. The van der Waals surface area contributed by atoms with Crippen molar-refractivity contribution in [1.29, 1.82) is 0 Å². The smallest absolute Gasteiger partial charge is 0.119 e. The van der Waals surface area contributed by atoms with Crippen molar-refractivity contribution >= 4 is 0 Å². The molecule has 0 saturated carbocycles. The van der Waals surface area contributed by atoms with Gasteiger partial charge in [0.15, 0.2) is 0 Å². The fourth-order valence-electron chi connectivity index (χ4n) is 2.22. The Labute approximate surface area is 122 Å². The first-order valence-electron chi connectivity index (χ1n) is 7.59. The molecule has 0 aliphatic heterocycles. The molecule has 0 saturated heterocycles. The van der Waals surface area contributed by atoms with Gasteiger partial charge in [0.25, 0.3) is 0 Å². The van der Waals surface area contributed by atoms with Crippen LogP contribution in [0.5, 0.6) is 5.75 Å². The normalized spacial score (nSPS) is 10.4. The van der Waals surface area contributed by atoms with Gasteiger partial charge in [0.05, 0.1) is 6.61 Å². The number of hydrogen-bond donors (Lipinski definition) is 0.